The average molecular weight is 318 g/mol. The lowest BCUT2D eigenvalue weighted by Crippen LogP contribution is -2.19. The van der Waals surface area contributed by atoms with Crippen molar-refractivity contribution in [3.63, 3.8) is 0 Å². The molecule has 0 amide bonds. The zero-order valence-electron chi connectivity index (χ0n) is 9.42. The van der Waals surface area contributed by atoms with Gasteiger partial charge in [-0.1, -0.05) is 40.4 Å². The van der Waals surface area contributed by atoms with Gasteiger partial charge in [0.05, 0.1) is 5.02 Å². The van der Waals surface area contributed by atoms with Crippen molar-refractivity contribution in [3.8, 4) is 5.75 Å². The van der Waals surface area contributed by atoms with Gasteiger partial charge in [-0.3, -0.25) is 4.79 Å². The molecule has 0 saturated heterocycles. The molecule has 17 heavy (non-hydrogen) atoms. The van der Waals surface area contributed by atoms with E-state index in [1.54, 1.807) is 12.1 Å². The Morgan fingerprint density at radius 1 is 1.41 bits per heavy atom. The Bertz CT molecular complexity index is 414. The number of rotatable bonds is 4. The Kier molecular flexibility index (Phi) is 4.46. The van der Waals surface area contributed by atoms with Gasteiger partial charge in [-0.15, -0.1) is 0 Å². The third-order valence-corrected chi connectivity index (χ3v) is 3.88. The summed E-state index contributed by atoms with van der Waals surface area (Å²) in [5.74, 6) is 0.951. The summed E-state index contributed by atoms with van der Waals surface area (Å²) in [7, 11) is 0. The summed E-state index contributed by atoms with van der Waals surface area (Å²) < 4.78 is 6.37. The molecule has 0 bridgehead atoms. The predicted octanol–water partition coefficient (Wildman–Crippen LogP) is 4.24. The second kappa shape index (κ2) is 5.87. The van der Waals surface area contributed by atoms with Crippen LogP contribution in [0, 0.1) is 5.92 Å². The van der Waals surface area contributed by atoms with E-state index in [4.69, 9.17) is 16.3 Å². The highest BCUT2D eigenvalue weighted by Gasteiger charge is 2.22. The van der Waals surface area contributed by atoms with Gasteiger partial charge in [0.25, 0.3) is 0 Å². The molecule has 2 nitrogen and oxygen atoms in total. The molecule has 0 N–H and O–H groups in total. The van der Waals surface area contributed by atoms with Crippen LogP contribution in [-0.2, 0) is 4.79 Å². The van der Waals surface area contributed by atoms with E-state index in [-0.39, 0.29) is 18.3 Å². The van der Waals surface area contributed by atoms with E-state index >= 15 is 0 Å². The molecule has 92 valence electrons. The van der Waals surface area contributed by atoms with Crippen molar-refractivity contribution in [2.75, 3.05) is 6.61 Å². The Hall–Kier alpha value is -0.540. The van der Waals surface area contributed by atoms with Crippen LogP contribution < -0.4 is 4.74 Å². The van der Waals surface area contributed by atoms with E-state index < -0.39 is 0 Å². The molecule has 0 radical (unpaired) electrons. The van der Waals surface area contributed by atoms with Crippen LogP contribution in [0.3, 0.4) is 0 Å². The number of carbonyl (C=O) groups excluding carboxylic acids is 1. The van der Waals surface area contributed by atoms with Crippen LogP contribution >= 0.6 is 27.5 Å². The van der Waals surface area contributed by atoms with Crippen LogP contribution in [0.25, 0.3) is 0 Å². The maximum absolute atomic E-state index is 11.8. The molecule has 1 aromatic carbocycles. The van der Waals surface area contributed by atoms with Crippen LogP contribution in [-0.4, -0.2) is 12.4 Å². The van der Waals surface area contributed by atoms with Gasteiger partial charge in [0.1, 0.15) is 12.4 Å². The first-order valence-corrected chi connectivity index (χ1v) is 6.94. The number of ether oxygens (including phenoxy) is 1. The van der Waals surface area contributed by atoms with Crippen LogP contribution in [0.2, 0.25) is 5.02 Å². The van der Waals surface area contributed by atoms with E-state index in [0.29, 0.717) is 10.8 Å². The molecule has 0 spiro atoms. The largest absolute Gasteiger partial charge is 0.484 e. The monoisotopic (exact) mass is 316 g/mol. The lowest BCUT2D eigenvalue weighted by Gasteiger charge is -2.10. The number of carbonyl (C=O) groups is 1. The fourth-order valence-corrected chi connectivity index (χ4v) is 2.61. The van der Waals surface area contributed by atoms with Crippen LogP contribution in [0.5, 0.6) is 5.75 Å². The molecule has 0 heterocycles. The number of ketones is 1. The molecule has 0 unspecified atom stereocenters. The Balaban J connectivity index is 1.92. The van der Waals surface area contributed by atoms with Gasteiger partial charge in [0.2, 0.25) is 0 Å². The van der Waals surface area contributed by atoms with Gasteiger partial charge >= 0.3 is 0 Å². The second-order valence-corrected chi connectivity index (χ2v) is 5.63. The van der Waals surface area contributed by atoms with Gasteiger partial charge in [-0.2, -0.15) is 0 Å². The van der Waals surface area contributed by atoms with Crippen molar-refractivity contribution in [1.29, 1.82) is 0 Å². The minimum Gasteiger partial charge on any atom is -0.484 e. The van der Waals surface area contributed by atoms with E-state index in [2.05, 4.69) is 15.9 Å². The zero-order valence-corrected chi connectivity index (χ0v) is 11.8. The lowest BCUT2D eigenvalue weighted by atomic mass is 10.0. The normalized spacial score (nSPS) is 16.1. The summed E-state index contributed by atoms with van der Waals surface area (Å²) in [4.78, 5) is 11.8. The van der Waals surface area contributed by atoms with Crippen LogP contribution in [0.1, 0.15) is 25.7 Å². The molecule has 4 heteroatoms. The van der Waals surface area contributed by atoms with Crippen molar-refractivity contribution in [2.45, 2.75) is 25.7 Å². The first kappa shape index (κ1) is 12.9. The standard InChI is InChI=1S/C13H14BrClO2/c14-10-5-6-11(15)13(7-10)17-8-12(16)9-3-1-2-4-9/h5-7,9H,1-4,8H2. The summed E-state index contributed by atoms with van der Waals surface area (Å²) in [6.07, 6.45) is 4.34. The highest BCUT2D eigenvalue weighted by Crippen LogP contribution is 2.29. The Labute approximate surface area is 114 Å². The molecule has 0 atom stereocenters. The quantitative estimate of drug-likeness (QED) is 0.830. The highest BCUT2D eigenvalue weighted by molar-refractivity contribution is 9.10. The van der Waals surface area contributed by atoms with E-state index in [1.165, 1.54) is 0 Å². The first-order chi connectivity index (χ1) is 8.16. The van der Waals surface area contributed by atoms with Crippen LogP contribution in [0.4, 0.5) is 0 Å². The number of benzene rings is 1. The highest BCUT2D eigenvalue weighted by atomic mass is 79.9. The van der Waals surface area contributed by atoms with E-state index in [9.17, 15) is 4.79 Å². The molecule has 1 aliphatic carbocycles. The third-order valence-electron chi connectivity index (χ3n) is 3.07. The van der Waals surface area contributed by atoms with Gasteiger partial charge in [0.15, 0.2) is 5.78 Å². The molecule has 1 saturated carbocycles. The van der Waals surface area contributed by atoms with Crippen LogP contribution in [0.15, 0.2) is 22.7 Å². The van der Waals surface area contributed by atoms with Crippen molar-refractivity contribution < 1.29 is 9.53 Å². The van der Waals surface area contributed by atoms with E-state index in [1.807, 2.05) is 6.07 Å². The smallest absolute Gasteiger partial charge is 0.173 e. The fourth-order valence-electron chi connectivity index (χ4n) is 2.10. The SMILES string of the molecule is O=C(COc1cc(Br)ccc1Cl)C1CCCC1. The molecule has 0 aliphatic heterocycles. The van der Waals surface area contributed by atoms with Gasteiger partial charge in [-0.05, 0) is 31.0 Å². The summed E-state index contributed by atoms with van der Waals surface area (Å²) in [5, 5.41) is 0.535. The Morgan fingerprint density at radius 2 is 2.12 bits per heavy atom. The number of Topliss-reactive ketones (excluding diaryl/α,β-unsaturated/α-hetero) is 1. The zero-order chi connectivity index (χ0) is 12.3. The average Bonchev–Trinajstić information content (AvgIpc) is 2.83. The third kappa shape index (κ3) is 3.46. The van der Waals surface area contributed by atoms with Gasteiger partial charge < -0.3 is 4.74 Å². The first-order valence-electron chi connectivity index (χ1n) is 5.77. The molecule has 1 aromatic rings. The van der Waals surface area contributed by atoms with Crippen molar-refractivity contribution in [1.82, 2.24) is 0 Å². The van der Waals surface area contributed by atoms with Crippen molar-refractivity contribution in [2.24, 2.45) is 5.92 Å². The molecule has 0 aromatic heterocycles. The molecule has 2 rings (SSSR count). The molecular weight excluding hydrogens is 303 g/mol. The number of hydrogen-bond donors (Lipinski definition) is 0. The van der Waals surface area contributed by atoms with Gasteiger partial charge in [-0.25, -0.2) is 0 Å². The summed E-state index contributed by atoms with van der Waals surface area (Å²) in [5.41, 5.74) is 0. The molecular formula is C13H14BrClO2. The minimum absolute atomic E-state index is 0.126. The van der Waals surface area contributed by atoms with Crippen molar-refractivity contribution in [3.05, 3.63) is 27.7 Å². The predicted molar refractivity (Wildman–Crippen MR) is 71.6 cm³/mol. The fraction of sp³-hybridized carbons (Fsp3) is 0.462. The lowest BCUT2D eigenvalue weighted by molar-refractivity contribution is -0.124. The Morgan fingerprint density at radius 3 is 2.82 bits per heavy atom. The maximum atomic E-state index is 11.8. The molecule has 1 aliphatic rings. The van der Waals surface area contributed by atoms with Crippen molar-refractivity contribution >= 4 is 33.3 Å². The molecule has 1 fully saturated rings. The minimum atomic E-state index is 0.126. The second-order valence-electron chi connectivity index (χ2n) is 4.31. The topological polar surface area (TPSA) is 26.3 Å². The van der Waals surface area contributed by atoms with E-state index in [0.717, 1.165) is 30.2 Å². The van der Waals surface area contributed by atoms with Gasteiger partial charge in [0, 0.05) is 10.4 Å². The maximum Gasteiger partial charge on any atom is 0.173 e. The summed E-state index contributed by atoms with van der Waals surface area (Å²) in [6, 6.07) is 5.37. The number of hydrogen-bond acceptors (Lipinski definition) is 2. The summed E-state index contributed by atoms with van der Waals surface area (Å²) in [6.45, 7) is 0.126. The number of halogens is 2. The summed E-state index contributed by atoms with van der Waals surface area (Å²) >= 11 is 9.33.